The molecule has 4 atom stereocenters. The molecule has 0 aliphatic heterocycles. The Kier molecular flexibility index (Phi) is 8.51. The monoisotopic (exact) mass is 312 g/mol. The van der Waals surface area contributed by atoms with E-state index in [1.807, 2.05) is 0 Å². The van der Waals surface area contributed by atoms with Crippen LogP contribution in [0.4, 0.5) is 0 Å². The molecule has 0 saturated heterocycles. The average molecular weight is 312 g/mol. The molecule has 128 valence electrons. The van der Waals surface area contributed by atoms with Crippen molar-refractivity contribution in [2.24, 2.45) is 23.7 Å². The molecule has 0 radical (unpaired) electrons. The van der Waals surface area contributed by atoms with E-state index in [2.05, 4.69) is 13.8 Å². The maximum Gasteiger partial charge on any atom is 0.306 e. The van der Waals surface area contributed by atoms with Crippen molar-refractivity contribution < 1.29 is 19.8 Å². The third-order valence-corrected chi connectivity index (χ3v) is 5.27. The second-order valence-corrected chi connectivity index (χ2v) is 6.86. The van der Waals surface area contributed by atoms with Crippen LogP contribution in [0, 0.1) is 23.7 Å². The lowest BCUT2D eigenvalue weighted by atomic mass is 9.69. The third-order valence-electron chi connectivity index (χ3n) is 5.27. The summed E-state index contributed by atoms with van der Waals surface area (Å²) < 4.78 is 0. The fourth-order valence-corrected chi connectivity index (χ4v) is 3.97. The first-order valence-electron chi connectivity index (χ1n) is 8.96. The number of carboxylic acids is 2. The normalized spacial score (nSPS) is 24.6. The van der Waals surface area contributed by atoms with Crippen LogP contribution >= 0.6 is 0 Å². The molecule has 1 aliphatic carbocycles. The molecule has 4 nitrogen and oxygen atoms in total. The molecule has 1 rings (SSSR count). The van der Waals surface area contributed by atoms with E-state index >= 15 is 0 Å². The molecule has 1 aliphatic rings. The van der Waals surface area contributed by atoms with Crippen LogP contribution in [-0.4, -0.2) is 22.2 Å². The summed E-state index contributed by atoms with van der Waals surface area (Å²) >= 11 is 0. The predicted molar refractivity (Wildman–Crippen MR) is 86.7 cm³/mol. The standard InChI is InChI=1S/C18H32O4/c1-3-5-10-15(17(19)20)13-8-7-9-14(12-13)16(18(21)22)11-6-4-2/h13-16H,3-12H2,1-2H3,(H,19,20)(H,21,22). The largest absolute Gasteiger partial charge is 0.481 e. The second kappa shape index (κ2) is 9.86. The number of hydrogen-bond acceptors (Lipinski definition) is 2. The van der Waals surface area contributed by atoms with Crippen LogP contribution in [0.25, 0.3) is 0 Å². The van der Waals surface area contributed by atoms with Gasteiger partial charge in [0.15, 0.2) is 0 Å². The van der Waals surface area contributed by atoms with Crippen molar-refractivity contribution in [3.63, 3.8) is 0 Å². The van der Waals surface area contributed by atoms with Crippen LogP contribution in [-0.2, 0) is 9.59 Å². The quantitative estimate of drug-likeness (QED) is 0.619. The minimum atomic E-state index is -0.695. The van der Waals surface area contributed by atoms with Crippen LogP contribution in [0.5, 0.6) is 0 Å². The van der Waals surface area contributed by atoms with Gasteiger partial charge >= 0.3 is 11.9 Å². The van der Waals surface area contributed by atoms with E-state index in [0.29, 0.717) is 0 Å². The number of carboxylic acid groups (broad SMARTS) is 2. The SMILES string of the molecule is CCCCC(C(=O)O)C1CCCC(C(CCCC)C(=O)O)C1. The molecule has 4 unspecified atom stereocenters. The summed E-state index contributed by atoms with van der Waals surface area (Å²) in [4.78, 5) is 23.1. The summed E-state index contributed by atoms with van der Waals surface area (Å²) in [6.45, 7) is 4.15. The van der Waals surface area contributed by atoms with E-state index in [1.165, 1.54) is 0 Å². The van der Waals surface area contributed by atoms with Crippen molar-refractivity contribution in [3.05, 3.63) is 0 Å². The molecule has 0 heterocycles. The minimum Gasteiger partial charge on any atom is -0.481 e. The highest BCUT2D eigenvalue weighted by molar-refractivity contribution is 5.71. The zero-order valence-electron chi connectivity index (χ0n) is 14.1. The van der Waals surface area contributed by atoms with Crippen LogP contribution < -0.4 is 0 Å². The summed E-state index contributed by atoms with van der Waals surface area (Å²) in [6.07, 6.45) is 9.00. The van der Waals surface area contributed by atoms with Crippen molar-refractivity contribution >= 4 is 11.9 Å². The Morgan fingerprint density at radius 1 is 0.909 bits per heavy atom. The van der Waals surface area contributed by atoms with Gasteiger partial charge < -0.3 is 10.2 Å². The molecule has 0 spiro atoms. The van der Waals surface area contributed by atoms with Crippen molar-refractivity contribution in [1.29, 1.82) is 0 Å². The first kappa shape index (κ1) is 19.0. The van der Waals surface area contributed by atoms with Crippen LogP contribution in [0.1, 0.15) is 78.1 Å². The Morgan fingerprint density at radius 2 is 1.32 bits per heavy atom. The summed E-state index contributed by atoms with van der Waals surface area (Å²) in [6, 6.07) is 0. The number of unbranched alkanes of at least 4 members (excludes halogenated alkanes) is 2. The third kappa shape index (κ3) is 5.62. The highest BCUT2D eigenvalue weighted by Gasteiger charge is 2.37. The summed E-state index contributed by atoms with van der Waals surface area (Å²) in [5, 5.41) is 19.0. The highest BCUT2D eigenvalue weighted by atomic mass is 16.4. The molecule has 0 amide bonds. The van der Waals surface area contributed by atoms with Gasteiger partial charge in [0.25, 0.3) is 0 Å². The lowest BCUT2D eigenvalue weighted by Gasteiger charge is -2.35. The van der Waals surface area contributed by atoms with E-state index < -0.39 is 11.9 Å². The van der Waals surface area contributed by atoms with Gasteiger partial charge in [-0.05, 0) is 43.9 Å². The molecule has 1 fully saturated rings. The minimum absolute atomic E-state index is 0.159. The lowest BCUT2D eigenvalue weighted by Crippen LogP contribution is -2.33. The zero-order chi connectivity index (χ0) is 16.5. The van der Waals surface area contributed by atoms with Gasteiger partial charge in [0.2, 0.25) is 0 Å². The van der Waals surface area contributed by atoms with Crippen LogP contribution in [0.15, 0.2) is 0 Å². The number of hydrogen-bond donors (Lipinski definition) is 2. The van der Waals surface area contributed by atoms with Gasteiger partial charge in [0.05, 0.1) is 11.8 Å². The number of rotatable bonds is 10. The fourth-order valence-electron chi connectivity index (χ4n) is 3.97. The molecule has 22 heavy (non-hydrogen) atoms. The Bertz CT molecular complexity index is 321. The Balaban J connectivity index is 2.71. The first-order valence-corrected chi connectivity index (χ1v) is 8.96. The van der Waals surface area contributed by atoms with Crippen LogP contribution in [0.2, 0.25) is 0 Å². The topological polar surface area (TPSA) is 74.6 Å². The van der Waals surface area contributed by atoms with E-state index in [-0.39, 0.29) is 23.7 Å². The number of aliphatic carboxylic acids is 2. The maximum absolute atomic E-state index is 11.6. The molecular formula is C18H32O4. The van der Waals surface area contributed by atoms with Crippen molar-refractivity contribution in [2.75, 3.05) is 0 Å². The first-order chi connectivity index (χ1) is 10.5. The Hall–Kier alpha value is -1.06. The molecule has 1 saturated carbocycles. The van der Waals surface area contributed by atoms with E-state index in [1.54, 1.807) is 0 Å². The van der Waals surface area contributed by atoms with Gasteiger partial charge in [-0.1, -0.05) is 46.0 Å². The predicted octanol–water partition coefficient (Wildman–Crippen LogP) is 4.57. The molecule has 2 N–H and O–H groups in total. The van der Waals surface area contributed by atoms with Crippen LogP contribution in [0.3, 0.4) is 0 Å². The summed E-state index contributed by atoms with van der Waals surface area (Å²) in [7, 11) is 0. The summed E-state index contributed by atoms with van der Waals surface area (Å²) in [5.41, 5.74) is 0. The molecule has 0 bridgehead atoms. The number of carbonyl (C=O) groups is 2. The molecule has 0 aromatic heterocycles. The van der Waals surface area contributed by atoms with Crippen molar-refractivity contribution in [3.8, 4) is 0 Å². The second-order valence-electron chi connectivity index (χ2n) is 6.86. The lowest BCUT2D eigenvalue weighted by molar-refractivity contribution is -0.146. The van der Waals surface area contributed by atoms with E-state index in [4.69, 9.17) is 0 Å². The van der Waals surface area contributed by atoms with Gasteiger partial charge in [-0.3, -0.25) is 9.59 Å². The zero-order valence-corrected chi connectivity index (χ0v) is 14.1. The van der Waals surface area contributed by atoms with E-state index in [0.717, 1.165) is 64.2 Å². The molecule has 4 heteroatoms. The smallest absolute Gasteiger partial charge is 0.306 e. The van der Waals surface area contributed by atoms with Crippen molar-refractivity contribution in [2.45, 2.75) is 78.1 Å². The maximum atomic E-state index is 11.6. The van der Waals surface area contributed by atoms with Gasteiger partial charge in [0.1, 0.15) is 0 Å². The van der Waals surface area contributed by atoms with Gasteiger partial charge in [-0.2, -0.15) is 0 Å². The highest BCUT2D eigenvalue weighted by Crippen LogP contribution is 2.40. The van der Waals surface area contributed by atoms with Gasteiger partial charge in [-0.25, -0.2) is 0 Å². The average Bonchev–Trinajstić information content (AvgIpc) is 2.48. The fraction of sp³-hybridized carbons (Fsp3) is 0.889. The molecular weight excluding hydrogens is 280 g/mol. The Labute approximate surface area is 134 Å². The van der Waals surface area contributed by atoms with E-state index in [9.17, 15) is 19.8 Å². The van der Waals surface area contributed by atoms with Gasteiger partial charge in [0, 0.05) is 0 Å². The molecule has 0 aromatic rings. The Morgan fingerprint density at radius 3 is 1.64 bits per heavy atom. The van der Waals surface area contributed by atoms with Gasteiger partial charge in [-0.15, -0.1) is 0 Å². The van der Waals surface area contributed by atoms with Crippen molar-refractivity contribution in [1.82, 2.24) is 0 Å². The molecule has 0 aromatic carbocycles. The summed E-state index contributed by atoms with van der Waals surface area (Å²) in [5.74, 6) is -1.65.